The number of rotatable bonds is 6. The van der Waals surface area contributed by atoms with Crippen LogP contribution in [0.25, 0.3) is 6.08 Å². The van der Waals surface area contributed by atoms with Gasteiger partial charge in [-0.15, -0.1) is 10.2 Å². The summed E-state index contributed by atoms with van der Waals surface area (Å²) in [7, 11) is 1.80. The highest BCUT2D eigenvalue weighted by molar-refractivity contribution is 5.95. The van der Waals surface area contributed by atoms with Crippen LogP contribution in [0.15, 0.2) is 42.7 Å². The monoisotopic (exact) mass is 327 g/mol. The van der Waals surface area contributed by atoms with Crippen LogP contribution in [-0.2, 0) is 16.6 Å². The molecule has 0 aliphatic rings. The molecule has 1 aromatic heterocycles. The summed E-state index contributed by atoms with van der Waals surface area (Å²) >= 11 is 0. The zero-order chi connectivity index (χ0) is 17.5. The lowest BCUT2D eigenvalue weighted by molar-refractivity contribution is -0.127. The third-order valence-corrected chi connectivity index (χ3v) is 3.47. The predicted octanol–water partition coefficient (Wildman–Crippen LogP) is 1.21. The van der Waals surface area contributed by atoms with Gasteiger partial charge in [0.05, 0.1) is 6.04 Å². The van der Waals surface area contributed by atoms with Gasteiger partial charge in [-0.3, -0.25) is 9.59 Å². The van der Waals surface area contributed by atoms with Gasteiger partial charge in [0.1, 0.15) is 12.4 Å². The molecule has 0 fully saturated rings. The lowest BCUT2D eigenvalue weighted by Gasteiger charge is -2.17. The Morgan fingerprint density at radius 3 is 2.50 bits per heavy atom. The van der Waals surface area contributed by atoms with Gasteiger partial charge in [0.25, 0.3) is 0 Å². The molecule has 2 N–H and O–H groups in total. The molecule has 1 aromatic carbocycles. The average Bonchev–Trinajstić information content (AvgIpc) is 3.00. The number of benzene rings is 1. The smallest absolute Gasteiger partial charge is 0.244 e. The van der Waals surface area contributed by atoms with Gasteiger partial charge in [-0.25, -0.2) is 0 Å². The van der Waals surface area contributed by atoms with Gasteiger partial charge in [0.15, 0.2) is 5.82 Å². The fourth-order valence-corrected chi connectivity index (χ4v) is 2.15. The highest BCUT2D eigenvalue weighted by Gasteiger charge is 2.19. The van der Waals surface area contributed by atoms with Crippen molar-refractivity contribution in [3.63, 3.8) is 0 Å². The molecular weight excluding hydrogens is 306 g/mol. The highest BCUT2D eigenvalue weighted by atomic mass is 16.2. The van der Waals surface area contributed by atoms with Crippen LogP contribution in [0.4, 0.5) is 0 Å². The van der Waals surface area contributed by atoms with Crippen molar-refractivity contribution in [3.05, 3.63) is 54.1 Å². The largest absolute Gasteiger partial charge is 0.345 e. The predicted molar refractivity (Wildman–Crippen MR) is 90.6 cm³/mol. The van der Waals surface area contributed by atoms with Crippen LogP contribution < -0.4 is 10.6 Å². The van der Waals surface area contributed by atoms with Gasteiger partial charge in [0, 0.05) is 13.1 Å². The fraction of sp³-hybridized carbons (Fsp3) is 0.294. The van der Waals surface area contributed by atoms with E-state index in [0.29, 0.717) is 5.82 Å². The topological polar surface area (TPSA) is 88.9 Å². The Balaban J connectivity index is 1.86. The van der Waals surface area contributed by atoms with Crippen LogP contribution in [0, 0.1) is 0 Å². The van der Waals surface area contributed by atoms with Crippen LogP contribution in [0.5, 0.6) is 0 Å². The summed E-state index contributed by atoms with van der Waals surface area (Å²) < 4.78 is 1.73. The Morgan fingerprint density at radius 1 is 1.17 bits per heavy atom. The lowest BCUT2D eigenvalue weighted by atomic mass is 10.2. The van der Waals surface area contributed by atoms with E-state index in [1.54, 1.807) is 30.9 Å². The molecule has 0 saturated carbocycles. The van der Waals surface area contributed by atoms with Gasteiger partial charge in [-0.2, -0.15) is 0 Å². The van der Waals surface area contributed by atoms with Crippen molar-refractivity contribution in [1.82, 2.24) is 25.4 Å². The van der Waals surface area contributed by atoms with Gasteiger partial charge >= 0.3 is 0 Å². The minimum Gasteiger partial charge on any atom is -0.345 e. The van der Waals surface area contributed by atoms with Crippen molar-refractivity contribution in [1.29, 1.82) is 0 Å². The molecule has 0 unspecified atom stereocenters. The van der Waals surface area contributed by atoms with Crippen molar-refractivity contribution in [2.75, 3.05) is 0 Å². The Hall–Kier alpha value is -2.96. The molecule has 0 aliphatic heterocycles. The van der Waals surface area contributed by atoms with Crippen molar-refractivity contribution >= 4 is 17.9 Å². The third kappa shape index (κ3) is 4.77. The molecule has 24 heavy (non-hydrogen) atoms. The SMILES string of the molecule is C[C@H](NC(=O)/C=C/c1ccccc1)C(=O)N[C@H](C)c1nncn1C. The number of carbonyl (C=O) groups is 2. The molecule has 7 heteroatoms. The van der Waals surface area contributed by atoms with E-state index in [1.807, 2.05) is 37.3 Å². The van der Waals surface area contributed by atoms with E-state index < -0.39 is 6.04 Å². The van der Waals surface area contributed by atoms with Crippen molar-refractivity contribution in [2.24, 2.45) is 7.05 Å². The van der Waals surface area contributed by atoms with E-state index >= 15 is 0 Å². The zero-order valence-electron chi connectivity index (χ0n) is 13.9. The van der Waals surface area contributed by atoms with Gasteiger partial charge < -0.3 is 15.2 Å². The number of carbonyl (C=O) groups excluding carboxylic acids is 2. The molecule has 0 saturated heterocycles. The van der Waals surface area contributed by atoms with Crippen LogP contribution in [-0.4, -0.2) is 32.6 Å². The van der Waals surface area contributed by atoms with Crippen LogP contribution in [0.2, 0.25) is 0 Å². The summed E-state index contributed by atoms with van der Waals surface area (Å²) in [4.78, 5) is 24.1. The van der Waals surface area contributed by atoms with Gasteiger partial charge in [-0.05, 0) is 25.5 Å². The molecule has 7 nitrogen and oxygen atoms in total. The third-order valence-electron chi connectivity index (χ3n) is 3.47. The molecule has 0 bridgehead atoms. The van der Waals surface area contributed by atoms with E-state index in [0.717, 1.165) is 5.56 Å². The maximum atomic E-state index is 12.2. The first-order valence-corrected chi connectivity index (χ1v) is 7.65. The van der Waals surface area contributed by atoms with Gasteiger partial charge in [-0.1, -0.05) is 30.3 Å². The second kappa shape index (κ2) is 8.05. The zero-order valence-corrected chi connectivity index (χ0v) is 13.9. The van der Waals surface area contributed by atoms with E-state index in [2.05, 4.69) is 20.8 Å². The average molecular weight is 327 g/mol. The standard InChI is InChI=1S/C17H21N5O2/c1-12(16-21-18-11-22(16)3)20-17(24)13(2)19-15(23)10-9-14-7-5-4-6-8-14/h4-13H,1-3H3,(H,19,23)(H,20,24)/b10-9+/t12-,13+/m1/s1. The molecule has 126 valence electrons. The number of nitrogens with one attached hydrogen (secondary N) is 2. The molecule has 0 aliphatic carbocycles. The maximum Gasteiger partial charge on any atom is 0.244 e. The van der Waals surface area contributed by atoms with Crippen LogP contribution in [0.3, 0.4) is 0 Å². The molecule has 0 radical (unpaired) electrons. The Morgan fingerprint density at radius 2 is 1.88 bits per heavy atom. The second-order valence-corrected chi connectivity index (χ2v) is 5.50. The van der Waals surface area contributed by atoms with Crippen molar-refractivity contribution < 1.29 is 9.59 Å². The number of nitrogens with zero attached hydrogens (tertiary/aromatic N) is 3. The Kier molecular flexibility index (Phi) is 5.83. The van der Waals surface area contributed by atoms with Gasteiger partial charge in [0.2, 0.25) is 11.8 Å². The molecule has 2 aromatic rings. The number of amides is 2. The minimum atomic E-state index is -0.659. The van der Waals surface area contributed by atoms with E-state index in [9.17, 15) is 9.59 Å². The molecule has 0 spiro atoms. The quantitative estimate of drug-likeness (QED) is 0.781. The Bertz CT molecular complexity index is 724. The molecule has 2 rings (SSSR count). The number of aromatic nitrogens is 3. The molecular formula is C17H21N5O2. The maximum absolute atomic E-state index is 12.2. The summed E-state index contributed by atoms with van der Waals surface area (Å²) in [5.74, 6) is 0.0330. The summed E-state index contributed by atoms with van der Waals surface area (Å²) in [5.41, 5.74) is 0.917. The summed E-state index contributed by atoms with van der Waals surface area (Å²) in [5, 5.41) is 13.2. The summed E-state index contributed by atoms with van der Waals surface area (Å²) in [6.07, 6.45) is 4.67. The fourth-order valence-electron chi connectivity index (χ4n) is 2.15. The van der Waals surface area contributed by atoms with E-state index in [1.165, 1.54) is 6.08 Å². The van der Waals surface area contributed by atoms with Crippen LogP contribution in [0.1, 0.15) is 31.3 Å². The number of hydrogen-bond acceptors (Lipinski definition) is 4. The summed E-state index contributed by atoms with van der Waals surface area (Å²) in [6.45, 7) is 3.44. The lowest BCUT2D eigenvalue weighted by Crippen LogP contribution is -2.45. The van der Waals surface area contributed by atoms with Crippen molar-refractivity contribution in [2.45, 2.75) is 25.9 Å². The van der Waals surface area contributed by atoms with Crippen LogP contribution >= 0.6 is 0 Å². The minimum absolute atomic E-state index is 0.285. The number of hydrogen-bond donors (Lipinski definition) is 2. The molecule has 1 heterocycles. The molecule has 2 atom stereocenters. The summed E-state index contributed by atoms with van der Waals surface area (Å²) in [6, 6.07) is 8.51. The molecule has 2 amide bonds. The first kappa shape index (κ1) is 17.4. The first-order valence-electron chi connectivity index (χ1n) is 7.65. The number of aryl methyl sites for hydroxylation is 1. The van der Waals surface area contributed by atoms with E-state index in [4.69, 9.17) is 0 Å². The van der Waals surface area contributed by atoms with E-state index in [-0.39, 0.29) is 17.9 Å². The second-order valence-electron chi connectivity index (χ2n) is 5.50. The highest BCUT2D eigenvalue weighted by Crippen LogP contribution is 2.07. The Labute approximate surface area is 140 Å². The normalized spacial score (nSPS) is 13.5. The first-order chi connectivity index (χ1) is 11.5. The van der Waals surface area contributed by atoms with Crippen molar-refractivity contribution in [3.8, 4) is 0 Å².